The first kappa shape index (κ1) is 5.99. The second-order valence-corrected chi connectivity index (χ2v) is 2.24. The molecule has 0 spiro atoms. The molecule has 0 saturated heterocycles. The molecular weight excluding hydrogens is 136 g/mol. The number of hydrogen-bond acceptors (Lipinski definition) is 1. The first-order chi connectivity index (χ1) is 5.42. The lowest BCUT2D eigenvalue weighted by Crippen LogP contribution is -1.87. The Balaban J connectivity index is 2.89. The van der Waals surface area contributed by atoms with Gasteiger partial charge in [0.1, 0.15) is 0 Å². The zero-order valence-corrected chi connectivity index (χ0v) is 5.86. The van der Waals surface area contributed by atoms with Gasteiger partial charge >= 0.3 is 0 Å². The number of fused-ring (bicyclic) bond motifs is 1. The third-order valence-electron chi connectivity index (χ3n) is 1.60. The number of terminal acetylenes is 1. The van der Waals surface area contributed by atoms with Crippen molar-refractivity contribution in [1.82, 2.24) is 9.78 Å². The molecule has 11 heavy (non-hydrogen) atoms. The predicted molar refractivity (Wildman–Crippen MR) is 44.0 cm³/mol. The molecule has 0 bridgehead atoms. The highest BCUT2D eigenvalue weighted by Gasteiger charge is 1.96. The van der Waals surface area contributed by atoms with Gasteiger partial charge < -0.3 is 0 Å². The predicted octanol–water partition coefficient (Wildman–Crippen LogP) is 1.48. The van der Waals surface area contributed by atoms with Gasteiger partial charge in [0, 0.05) is 11.4 Å². The van der Waals surface area contributed by atoms with Crippen molar-refractivity contribution in [2.45, 2.75) is 0 Å². The normalized spacial score (nSPS) is 9.73. The van der Waals surface area contributed by atoms with E-state index in [9.17, 15) is 0 Å². The Morgan fingerprint density at radius 1 is 1.36 bits per heavy atom. The maximum atomic E-state index is 5.21. The monoisotopic (exact) mass is 142 g/mol. The highest BCUT2D eigenvalue weighted by atomic mass is 15.3. The maximum Gasteiger partial charge on any atom is 0.0834 e. The summed E-state index contributed by atoms with van der Waals surface area (Å²) in [6, 6.07) is 10.3. The van der Waals surface area contributed by atoms with E-state index >= 15 is 0 Å². The van der Waals surface area contributed by atoms with Crippen LogP contribution in [0.5, 0.6) is 0 Å². The smallest absolute Gasteiger partial charge is 0.0834 e. The van der Waals surface area contributed by atoms with E-state index in [4.69, 9.17) is 6.42 Å². The average molecular weight is 142 g/mol. The van der Waals surface area contributed by atoms with Crippen molar-refractivity contribution in [2.75, 3.05) is 0 Å². The van der Waals surface area contributed by atoms with Gasteiger partial charge in [-0.15, -0.1) is 0 Å². The van der Waals surface area contributed by atoms with Gasteiger partial charge in [-0.05, 0) is 6.07 Å². The number of rotatable bonds is 0. The molecule has 0 unspecified atom stereocenters. The van der Waals surface area contributed by atoms with Crippen LogP contribution in [0.1, 0.15) is 0 Å². The van der Waals surface area contributed by atoms with Gasteiger partial charge in [0.05, 0.1) is 11.7 Å². The Kier molecular flexibility index (Phi) is 1.16. The van der Waals surface area contributed by atoms with Crippen molar-refractivity contribution in [3.05, 3.63) is 30.5 Å². The minimum absolute atomic E-state index is 0.981. The molecule has 2 nitrogen and oxygen atoms in total. The van der Waals surface area contributed by atoms with E-state index in [0.717, 1.165) is 10.9 Å². The summed E-state index contributed by atoms with van der Waals surface area (Å²) in [5.41, 5.74) is 0.981. The SMILES string of the molecule is C#Cn1ncc2ccccc21. The molecule has 2 heteroatoms. The minimum Gasteiger partial charge on any atom is -0.189 e. The van der Waals surface area contributed by atoms with E-state index in [1.807, 2.05) is 24.3 Å². The summed E-state index contributed by atoms with van der Waals surface area (Å²) in [6.07, 6.45) is 6.97. The Morgan fingerprint density at radius 2 is 2.18 bits per heavy atom. The quantitative estimate of drug-likeness (QED) is 0.509. The van der Waals surface area contributed by atoms with E-state index in [1.54, 1.807) is 6.20 Å². The lowest BCUT2D eigenvalue weighted by molar-refractivity contribution is 0.949. The molecule has 0 radical (unpaired) electrons. The Bertz CT molecular complexity index is 420. The van der Waals surface area contributed by atoms with Gasteiger partial charge in [0.25, 0.3) is 0 Å². The molecule has 0 amide bonds. The molecule has 0 aliphatic carbocycles. The second kappa shape index (κ2) is 2.14. The van der Waals surface area contributed by atoms with Gasteiger partial charge in [0.15, 0.2) is 0 Å². The van der Waals surface area contributed by atoms with Gasteiger partial charge in [-0.3, -0.25) is 0 Å². The average Bonchev–Trinajstić information content (AvgIpc) is 2.47. The van der Waals surface area contributed by atoms with E-state index in [-0.39, 0.29) is 0 Å². The molecule has 0 atom stereocenters. The van der Waals surface area contributed by atoms with Crippen LogP contribution in [0, 0.1) is 12.5 Å². The summed E-state index contributed by atoms with van der Waals surface area (Å²) in [5.74, 6) is 0. The first-order valence-corrected chi connectivity index (χ1v) is 3.31. The van der Waals surface area contributed by atoms with Crippen molar-refractivity contribution in [3.63, 3.8) is 0 Å². The second-order valence-electron chi connectivity index (χ2n) is 2.24. The summed E-state index contributed by atoms with van der Waals surface area (Å²) in [4.78, 5) is 0. The summed E-state index contributed by atoms with van der Waals surface area (Å²) in [6.45, 7) is 0. The van der Waals surface area contributed by atoms with Crippen LogP contribution in [0.3, 0.4) is 0 Å². The molecule has 1 aromatic heterocycles. The number of hydrogen-bond donors (Lipinski definition) is 0. The van der Waals surface area contributed by atoms with E-state index in [0.29, 0.717) is 0 Å². The van der Waals surface area contributed by atoms with Crippen molar-refractivity contribution >= 4 is 10.9 Å². The van der Waals surface area contributed by atoms with Gasteiger partial charge in [0.2, 0.25) is 0 Å². The number of benzene rings is 1. The van der Waals surface area contributed by atoms with Crippen molar-refractivity contribution in [1.29, 1.82) is 0 Å². The molecule has 2 aromatic rings. The van der Waals surface area contributed by atoms with Crippen LogP contribution >= 0.6 is 0 Å². The third kappa shape index (κ3) is 0.786. The zero-order valence-electron chi connectivity index (χ0n) is 5.86. The standard InChI is InChI=1S/C9H6N2/c1-2-11-9-6-4-3-5-8(9)7-10-11/h1,3-7H. The van der Waals surface area contributed by atoms with E-state index < -0.39 is 0 Å². The number of para-hydroxylation sites is 1. The topological polar surface area (TPSA) is 17.8 Å². The van der Waals surface area contributed by atoms with Crippen molar-refractivity contribution in [3.8, 4) is 12.5 Å². The summed E-state index contributed by atoms with van der Waals surface area (Å²) in [5, 5.41) is 5.07. The Morgan fingerprint density at radius 3 is 3.00 bits per heavy atom. The van der Waals surface area contributed by atoms with E-state index in [2.05, 4.69) is 11.1 Å². The van der Waals surface area contributed by atoms with Gasteiger partial charge in [-0.2, -0.15) is 9.78 Å². The molecule has 52 valence electrons. The third-order valence-corrected chi connectivity index (χ3v) is 1.60. The first-order valence-electron chi connectivity index (χ1n) is 3.31. The van der Waals surface area contributed by atoms with Crippen LogP contribution in [0.25, 0.3) is 10.9 Å². The lowest BCUT2D eigenvalue weighted by Gasteiger charge is -1.88. The zero-order chi connectivity index (χ0) is 7.68. The molecular formula is C9H6N2. The summed E-state index contributed by atoms with van der Waals surface area (Å²) in [7, 11) is 0. The highest BCUT2D eigenvalue weighted by Crippen LogP contribution is 2.10. The number of nitrogens with zero attached hydrogens (tertiary/aromatic N) is 2. The maximum absolute atomic E-state index is 5.21. The molecule has 2 rings (SSSR count). The van der Waals surface area contributed by atoms with Gasteiger partial charge in [-0.1, -0.05) is 24.6 Å². The van der Waals surface area contributed by atoms with Crippen LogP contribution in [-0.2, 0) is 0 Å². The Labute approximate surface area is 64.4 Å². The molecule has 0 fully saturated rings. The van der Waals surface area contributed by atoms with Crippen molar-refractivity contribution < 1.29 is 0 Å². The molecule has 0 aliphatic rings. The fourth-order valence-electron chi connectivity index (χ4n) is 1.07. The van der Waals surface area contributed by atoms with E-state index in [1.165, 1.54) is 4.68 Å². The molecule has 0 saturated carbocycles. The summed E-state index contributed by atoms with van der Waals surface area (Å²) >= 11 is 0. The Hall–Kier alpha value is -1.75. The molecule has 1 aromatic carbocycles. The number of aromatic nitrogens is 2. The summed E-state index contributed by atoms with van der Waals surface area (Å²) < 4.78 is 1.52. The van der Waals surface area contributed by atoms with Crippen LogP contribution in [-0.4, -0.2) is 9.78 Å². The van der Waals surface area contributed by atoms with Gasteiger partial charge in [-0.25, -0.2) is 0 Å². The van der Waals surface area contributed by atoms with Crippen LogP contribution < -0.4 is 0 Å². The largest absolute Gasteiger partial charge is 0.189 e. The molecule has 1 heterocycles. The van der Waals surface area contributed by atoms with Crippen LogP contribution in [0.2, 0.25) is 0 Å². The van der Waals surface area contributed by atoms with Crippen LogP contribution in [0.4, 0.5) is 0 Å². The minimum atomic E-state index is 0.981. The fraction of sp³-hybridized carbons (Fsp3) is 0. The molecule has 0 aliphatic heterocycles. The van der Waals surface area contributed by atoms with Crippen LogP contribution in [0.15, 0.2) is 30.5 Å². The highest BCUT2D eigenvalue weighted by molar-refractivity contribution is 5.79. The molecule has 0 N–H and O–H groups in total. The lowest BCUT2D eigenvalue weighted by atomic mass is 10.3. The van der Waals surface area contributed by atoms with Crippen molar-refractivity contribution in [2.24, 2.45) is 0 Å². The fourth-order valence-corrected chi connectivity index (χ4v) is 1.07.